The number of aliphatic hydroxyl groups is 1. The lowest BCUT2D eigenvalue weighted by molar-refractivity contribution is -0.0234. The van der Waals surface area contributed by atoms with Crippen LogP contribution in [-0.2, 0) is 0 Å². The van der Waals surface area contributed by atoms with Crippen molar-refractivity contribution in [3.05, 3.63) is 23.7 Å². The molecule has 0 unspecified atom stereocenters. The number of hydrogen-bond donors (Lipinski definition) is 2. The summed E-state index contributed by atoms with van der Waals surface area (Å²) in [6.45, 7) is 6.53. The third kappa shape index (κ3) is 3.60. The Bertz CT molecular complexity index is 452. The first-order valence-corrected chi connectivity index (χ1v) is 6.87. The molecule has 0 atom stereocenters. The molecule has 2 rings (SSSR count). The predicted octanol–water partition coefficient (Wildman–Crippen LogP) is 2.65. The molecule has 2 N–H and O–H groups in total. The Balaban J connectivity index is 1.87. The normalized spacial score (nSPS) is 21.1. The number of furan rings is 1. The molecule has 4 heteroatoms. The first-order valence-electron chi connectivity index (χ1n) is 6.87. The van der Waals surface area contributed by atoms with Crippen molar-refractivity contribution < 1.29 is 14.3 Å². The molecule has 1 saturated carbocycles. The van der Waals surface area contributed by atoms with Crippen LogP contribution in [0.3, 0.4) is 0 Å². The highest BCUT2D eigenvalue weighted by Gasteiger charge is 2.36. The average Bonchev–Trinajstić information content (AvgIpc) is 2.78. The van der Waals surface area contributed by atoms with Gasteiger partial charge in [0.15, 0.2) is 5.76 Å². The minimum Gasteiger partial charge on any atom is -0.456 e. The first kappa shape index (κ1) is 14.1. The standard InChI is InChI=1S/C15H23NO3/c1-11-4-5-12(19-11)13(17)16-10-15(18)8-6-14(2,3)7-9-15/h4-5,18H,6-10H2,1-3H3,(H,16,17). The number of rotatable bonds is 3. The van der Waals surface area contributed by atoms with Gasteiger partial charge < -0.3 is 14.8 Å². The second-order valence-corrected chi connectivity index (χ2v) is 6.48. The summed E-state index contributed by atoms with van der Waals surface area (Å²) in [5.41, 5.74) is -0.471. The summed E-state index contributed by atoms with van der Waals surface area (Å²) >= 11 is 0. The van der Waals surface area contributed by atoms with Gasteiger partial charge in [-0.2, -0.15) is 0 Å². The van der Waals surface area contributed by atoms with Crippen molar-refractivity contribution in [2.75, 3.05) is 6.54 Å². The fourth-order valence-electron chi connectivity index (χ4n) is 2.46. The van der Waals surface area contributed by atoms with Gasteiger partial charge in [-0.1, -0.05) is 13.8 Å². The van der Waals surface area contributed by atoms with E-state index in [1.54, 1.807) is 19.1 Å². The third-order valence-electron chi connectivity index (χ3n) is 4.08. The molecule has 4 nitrogen and oxygen atoms in total. The number of nitrogens with one attached hydrogen (secondary N) is 1. The van der Waals surface area contributed by atoms with Crippen LogP contribution < -0.4 is 5.32 Å². The summed E-state index contributed by atoms with van der Waals surface area (Å²) in [5, 5.41) is 13.2. The van der Waals surface area contributed by atoms with Crippen molar-refractivity contribution >= 4 is 5.91 Å². The van der Waals surface area contributed by atoms with E-state index in [0.29, 0.717) is 23.5 Å². The van der Waals surface area contributed by atoms with Gasteiger partial charge in [-0.05, 0) is 50.2 Å². The van der Waals surface area contributed by atoms with Crippen LogP contribution >= 0.6 is 0 Å². The molecule has 1 aromatic heterocycles. The Labute approximate surface area is 114 Å². The molecular weight excluding hydrogens is 242 g/mol. The van der Waals surface area contributed by atoms with Gasteiger partial charge in [0.1, 0.15) is 5.76 Å². The minimum absolute atomic E-state index is 0.258. The summed E-state index contributed by atoms with van der Waals surface area (Å²) in [5.74, 6) is 0.756. The number of amides is 1. The highest BCUT2D eigenvalue weighted by atomic mass is 16.3. The zero-order valence-corrected chi connectivity index (χ0v) is 12.0. The molecule has 0 spiro atoms. The van der Waals surface area contributed by atoms with E-state index < -0.39 is 5.60 Å². The topological polar surface area (TPSA) is 62.5 Å². The maximum absolute atomic E-state index is 11.9. The van der Waals surface area contributed by atoms with Crippen LogP contribution in [0.15, 0.2) is 16.5 Å². The lowest BCUT2D eigenvalue weighted by Gasteiger charge is -2.40. The molecule has 1 aliphatic carbocycles. The van der Waals surface area contributed by atoms with Crippen molar-refractivity contribution in [3.8, 4) is 0 Å². The van der Waals surface area contributed by atoms with Gasteiger partial charge in [0, 0.05) is 6.54 Å². The average molecular weight is 265 g/mol. The van der Waals surface area contributed by atoms with Crippen molar-refractivity contribution in [3.63, 3.8) is 0 Å². The number of hydrogen-bond acceptors (Lipinski definition) is 3. The molecule has 1 fully saturated rings. The molecule has 1 aliphatic rings. The van der Waals surface area contributed by atoms with Gasteiger partial charge in [0.25, 0.3) is 5.91 Å². The third-order valence-corrected chi connectivity index (χ3v) is 4.08. The quantitative estimate of drug-likeness (QED) is 0.883. The van der Waals surface area contributed by atoms with E-state index in [-0.39, 0.29) is 5.91 Å². The van der Waals surface area contributed by atoms with Gasteiger partial charge in [0.05, 0.1) is 5.60 Å². The first-order chi connectivity index (χ1) is 8.80. The molecule has 1 amide bonds. The summed E-state index contributed by atoms with van der Waals surface area (Å²) in [4.78, 5) is 11.9. The molecular formula is C15H23NO3. The Hall–Kier alpha value is -1.29. The minimum atomic E-state index is -0.771. The molecule has 0 radical (unpaired) electrons. The van der Waals surface area contributed by atoms with Crippen LogP contribution in [0.2, 0.25) is 0 Å². The second-order valence-electron chi connectivity index (χ2n) is 6.48. The van der Waals surface area contributed by atoms with Gasteiger partial charge in [-0.3, -0.25) is 4.79 Å². The molecule has 0 bridgehead atoms. The predicted molar refractivity (Wildman–Crippen MR) is 73.0 cm³/mol. The largest absolute Gasteiger partial charge is 0.456 e. The molecule has 106 valence electrons. The molecule has 1 heterocycles. The fourth-order valence-corrected chi connectivity index (χ4v) is 2.46. The molecule has 0 aliphatic heterocycles. The second kappa shape index (κ2) is 5.00. The fraction of sp³-hybridized carbons (Fsp3) is 0.667. The summed E-state index contributed by atoms with van der Waals surface area (Å²) in [6.07, 6.45) is 3.44. The summed E-state index contributed by atoms with van der Waals surface area (Å²) in [6, 6.07) is 3.41. The molecule has 1 aromatic rings. The summed E-state index contributed by atoms with van der Waals surface area (Å²) in [7, 11) is 0. The van der Waals surface area contributed by atoms with Gasteiger partial charge >= 0.3 is 0 Å². The lowest BCUT2D eigenvalue weighted by atomic mass is 9.71. The van der Waals surface area contributed by atoms with E-state index in [0.717, 1.165) is 25.7 Å². The number of aryl methyl sites for hydroxylation is 1. The van der Waals surface area contributed by atoms with Crippen molar-refractivity contribution in [2.24, 2.45) is 5.41 Å². The van der Waals surface area contributed by atoms with Crippen LogP contribution in [0.5, 0.6) is 0 Å². The maximum atomic E-state index is 11.9. The van der Waals surface area contributed by atoms with Crippen LogP contribution in [0.1, 0.15) is 55.8 Å². The van der Waals surface area contributed by atoms with E-state index in [1.165, 1.54) is 0 Å². The highest BCUT2D eigenvalue weighted by molar-refractivity contribution is 5.91. The van der Waals surface area contributed by atoms with Crippen LogP contribution in [0.25, 0.3) is 0 Å². The Morgan fingerprint density at radius 2 is 1.95 bits per heavy atom. The Kier molecular flexibility index (Phi) is 3.72. The van der Waals surface area contributed by atoms with Crippen molar-refractivity contribution in [1.82, 2.24) is 5.32 Å². The van der Waals surface area contributed by atoms with Gasteiger partial charge in [0.2, 0.25) is 0 Å². The van der Waals surface area contributed by atoms with Crippen molar-refractivity contribution in [2.45, 2.75) is 52.1 Å². The molecule has 19 heavy (non-hydrogen) atoms. The maximum Gasteiger partial charge on any atom is 0.287 e. The highest BCUT2D eigenvalue weighted by Crippen LogP contribution is 2.39. The zero-order valence-electron chi connectivity index (χ0n) is 12.0. The molecule has 0 saturated heterocycles. The zero-order chi connectivity index (χ0) is 14.1. The lowest BCUT2D eigenvalue weighted by Crippen LogP contribution is -2.46. The SMILES string of the molecule is Cc1ccc(C(=O)NCC2(O)CCC(C)(C)CC2)o1. The van der Waals surface area contributed by atoms with Gasteiger partial charge in [-0.15, -0.1) is 0 Å². The molecule has 0 aromatic carbocycles. The van der Waals surface area contributed by atoms with E-state index >= 15 is 0 Å². The number of carbonyl (C=O) groups is 1. The Morgan fingerprint density at radius 3 is 2.47 bits per heavy atom. The van der Waals surface area contributed by atoms with Crippen LogP contribution in [-0.4, -0.2) is 23.2 Å². The van der Waals surface area contributed by atoms with Gasteiger partial charge in [-0.25, -0.2) is 0 Å². The van der Waals surface area contributed by atoms with E-state index in [2.05, 4.69) is 19.2 Å². The van der Waals surface area contributed by atoms with Crippen molar-refractivity contribution in [1.29, 1.82) is 0 Å². The van der Waals surface area contributed by atoms with E-state index in [1.807, 2.05) is 0 Å². The smallest absolute Gasteiger partial charge is 0.287 e. The number of carbonyl (C=O) groups excluding carboxylic acids is 1. The van der Waals surface area contributed by atoms with E-state index in [4.69, 9.17) is 4.42 Å². The Morgan fingerprint density at radius 1 is 1.32 bits per heavy atom. The summed E-state index contributed by atoms with van der Waals surface area (Å²) < 4.78 is 5.26. The van der Waals surface area contributed by atoms with Crippen LogP contribution in [0.4, 0.5) is 0 Å². The monoisotopic (exact) mass is 265 g/mol. The van der Waals surface area contributed by atoms with Crippen LogP contribution in [0, 0.1) is 12.3 Å². The van der Waals surface area contributed by atoms with E-state index in [9.17, 15) is 9.90 Å².